The fourth-order valence-corrected chi connectivity index (χ4v) is 2.11. The van der Waals surface area contributed by atoms with Gasteiger partial charge in [-0.05, 0) is 33.9 Å². The summed E-state index contributed by atoms with van der Waals surface area (Å²) < 4.78 is 0. The Balaban J connectivity index is 2.00. The Hall–Kier alpha value is -1.56. The van der Waals surface area contributed by atoms with Crippen molar-refractivity contribution in [2.24, 2.45) is 0 Å². The molecule has 1 unspecified atom stereocenters. The molecule has 0 aliphatic heterocycles. The molecule has 1 saturated carbocycles. The number of hydrogen-bond donors (Lipinski definition) is 3. The monoisotopic (exact) mass is 251 g/mol. The van der Waals surface area contributed by atoms with Gasteiger partial charge in [-0.25, -0.2) is 0 Å². The van der Waals surface area contributed by atoms with Crippen LogP contribution in [0.25, 0.3) is 0 Å². The van der Waals surface area contributed by atoms with Crippen LogP contribution in [0.3, 0.4) is 0 Å². The number of nitrogen functional groups attached to an aromatic ring is 1. The highest BCUT2D eigenvalue weighted by atomic mass is 16.2. The molecule has 0 aromatic carbocycles. The fourth-order valence-electron chi connectivity index (χ4n) is 2.11. The smallest absolute Gasteiger partial charge is 0.274 e. The van der Waals surface area contributed by atoms with Gasteiger partial charge in [0.1, 0.15) is 0 Å². The number of aromatic amines is 1. The first-order valence-electron chi connectivity index (χ1n) is 6.28. The van der Waals surface area contributed by atoms with E-state index in [9.17, 15) is 4.79 Å². The van der Waals surface area contributed by atoms with Crippen molar-refractivity contribution in [3.8, 4) is 0 Å². The van der Waals surface area contributed by atoms with Gasteiger partial charge in [0.2, 0.25) is 0 Å². The number of carbonyl (C=O) groups excluding carboxylic acids is 1. The van der Waals surface area contributed by atoms with Crippen LogP contribution in [-0.2, 0) is 0 Å². The van der Waals surface area contributed by atoms with E-state index in [4.69, 9.17) is 5.73 Å². The van der Waals surface area contributed by atoms with E-state index >= 15 is 0 Å². The molecule has 1 aliphatic rings. The summed E-state index contributed by atoms with van der Waals surface area (Å²) >= 11 is 0. The first kappa shape index (κ1) is 12.9. The van der Waals surface area contributed by atoms with E-state index in [1.165, 1.54) is 0 Å². The molecular weight excluding hydrogens is 230 g/mol. The van der Waals surface area contributed by atoms with Crippen LogP contribution in [0, 0.1) is 0 Å². The van der Waals surface area contributed by atoms with Crippen molar-refractivity contribution in [2.45, 2.75) is 31.7 Å². The average Bonchev–Trinajstić information content (AvgIpc) is 3.01. The fraction of sp³-hybridized carbons (Fsp3) is 0.667. The molecule has 6 heteroatoms. The molecule has 1 atom stereocenters. The standard InChI is InChI=1S/C12H21N5O/c1-7(6-17(2)3)14-12(18)11-9(13)10(15-16-11)8-4-5-8/h7-8H,4-6,13H2,1-3H3,(H,14,18)(H,15,16). The van der Waals surface area contributed by atoms with Crippen molar-refractivity contribution in [1.29, 1.82) is 0 Å². The second kappa shape index (κ2) is 4.97. The van der Waals surface area contributed by atoms with Crippen molar-refractivity contribution in [3.63, 3.8) is 0 Å². The van der Waals surface area contributed by atoms with Crippen molar-refractivity contribution in [3.05, 3.63) is 11.4 Å². The minimum absolute atomic E-state index is 0.0629. The number of hydrogen-bond acceptors (Lipinski definition) is 4. The molecule has 0 bridgehead atoms. The first-order chi connectivity index (χ1) is 8.49. The molecule has 6 nitrogen and oxygen atoms in total. The normalized spacial score (nSPS) is 16.9. The highest BCUT2D eigenvalue weighted by Gasteiger charge is 2.30. The van der Waals surface area contributed by atoms with Crippen LogP contribution in [0.1, 0.15) is 41.9 Å². The van der Waals surface area contributed by atoms with Crippen molar-refractivity contribution < 1.29 is 4.79 Å². The van der Waals surface area contributed by atoms with E-state index in [2.05, 4.69) is 15.5 Å². The number of aromatic nitrogens is 2. The molecule has 1 fully saturated rings. The molecule has 1 aromatic heterocycles. The van der Waals surface area contributed by atoms with Gasteiger partial charge in [0, 0.05) is 18.5 Å². The highest BCUT2D eigenvalue weighted by Crippen LogP contribution is 2.42. The van der Waals surface area contributed by atoms with Gasteiger partial charge < -0.3 is 16.0 Å². The first-order valence-corrected chi connectivity index (χ1v) is 6.28. The van der Waals surface area contributed by atoms with Crippen molar-refractivity contribution in [2.75, 3.05) is 26.4 Å². The molecule has 100 valence electrons. The van der Waals surface area contributed by atoms with Gasteiger partial charge in [-0.3, -0.25) is 9.89 Å². The molecular formula is C12H21N5O. The van der Waals surface area contributed by atoms with Crippen LogP contribution < -0.4 is 11.1 Å². The molecule has 1 aliphatic carbocycles. The molecule has 1 heterocycles. The van der Waals surface area contributed by atoms with Gasteiger partial charge in [-0.2, -0.15) is 5.10 Å². The summed E-state index contributed by atoms with van der Waals surface area (Å²) in [5.74, 6) is 0.267. The Morgan fingerprint density at radius 2 is 2.28 bits per heavy atom. The van der Waals surface area contributed by atoms with E-state index in [1.807, 2.05) is 25.9 Å². The number of H-pyrrole nitrogens is 1. The minimum atomic E-state index is -0.204. The predicted molar refractivity (Wildman–Crippen MR) is 70.5 cm³/mol. The SMILES string of the molecule is CC(CN(C)C)NC(=O)c1n[nH]c(C2CC2)c1N. The molecule has 0 radical (unpaired) electrons. The lowest BCUT2D eigenvalue weighted by Crippen LogP contribution is -2.39. The Kier molecular flexibility index (Phi) is 3.56. The number of likely N-dealkylation sites (N-methyl/N-ethyl adjacent to an activating group) is 1. The Bertz CT molecular complexity index is 436. The lowest BCUT2D eigenvalue weighted by molar-refractivity contribution is 0.0930. The maximum Gasteiger partial charge on any atom is 0.274 e. The second-order valence-corrected chi connectivity index (χ2v) is 5.31. The van der Waals surface area contributed by atoms with E-state index < -0.39 is 0 Å². The molecule has 4 N–H and O–H groups in total. The van der Waals surface area contributed by atoms with Crippen molar-refractivity contribution in [1.82, 2.24) is 20.4 Å². The number of anilines is 1. The highest BCUT2D eigenvalue weighted by molar-refractivity contribution is 5.97. The summed E-state index contributed by atoms with van der Waals surface area (Å²) in [4.78, 5) is 14.0. The topological polar surface area (TPSA) is 87.0 Å². The maximum absolute atomic E-state index is 12.0. The zero-order chi connectivity index (χ0) is 13.3. The molecule has 0 saturated heterocycles. The summed E-state index contributed by atoms with van der Waals surface area (Å²) in [5.41, 5.74) is 7.70. The van der Waals surface area contributed by atoms with E-state index in [0.29, 0.717) is 17.3 Å². The molecule has 2 rings (SSSR count). The Labute approximate surface area is 107 Å². The lowest BCUT2D eigenvalue weighted by Gasteiger charge is -2.17. The van der Waals surface area contributed by atoms with Crippen LogP contribution in [0.5, 0.6) is 0 Å². The maximum atomic E-state index is 12.0. The van der Waals surface area contributed by atoms with Gasteiger partial charge in [0.15, 0.2) is 5.69 Å². The zero-order valence-corrected chi connectivity index (χ0v) is 11.2. The van der Waals surface area contributed by atoms with Gasteiger partial charge in [0.05, 0.1) is 11.4 Å². The third kappa shape index (κ3) is 2.81. The third-order valence-electron chi connectivity index (χ3n) is 3.05. The number of rotatable bonds is 5. The summed E-state index contributed by atoms with van der Waals surface area (Å²) in [6.07, 6.45) is 2.26. The summed E-state index contributed by atoms with van der Waals surface area (Å²) in [5, 5.41) is 9.82. The van der Waals surface area contributed by atoms with Gasteiger partial charge in [0.25, 0.3) is 5.91 Å². The van der Waals surface area contributed by atoms with Crippen LogP contribution in [-0.4, -0.2) is 47.7 Å². The van der Waals surface area contributed by atoms with Crippen molar-refractivity contribution >= 4 is 11.6 Å². The number of nitrogens with zero attached hydrogens (tertiary/aromatic N) is 2. The molecule has 18 heavy (non-hydrogen) atoms. The number of nitrogens with two attached hydrogens (primary N) is 1. The number of amides is 1. The molecule has 1 amide bonds. The van der Waals surface area contributed by atoms with E-state index in [0.717, 1.165) is 25.1 Å². The van der Waals surface area contributed by atoms with Gasteiger partial charge in [-0.15, -0.1) is 0 Å². The molecule has 1 aromatic rings. The van der Waals surface area contributed by atoms with Crippen LogP contribution >= 0.6 is 0 Å². The summed E-state index contributed by atoms with van der Waals surface area (Å²) in [7, 11) is 3.94. The Morgan fingerprint density at radius 1 is 1.61 bits per heavy atom. The van der Waals surface area contributed by atoms with E-state index in [-0.39, 0.29) is 11.9 Å². The Morgan fingerprint density at radius 3 is 2.83 bits per heavy atom. The van der Waals surface area contributed by atoms with E-state index in [1.54, 1.807) is 0 Å². The van der Waals surface area contributed by atoms with Gasteiger partial charge in [-0.1, -0.05) is 0 Å². The quantitative estimate of drug-likeness (QED) is 0.713. The van der Waals surface area contributed by atoms with Gasteiger partial charge >= 0.3 is 0 Å². The number of carbonyl (C=O) groups is 1. The summed E-state index contributed by atoms with van der Waals surface area (Å²) in [6.45, 7) is 2.74. The van der Waals surface area contributed by atoms with Crippen LogP contribution in [0.4, 0.5) is 5.69 Å². The zero-order valence-electron chi connectivity index (χ0n) is 11.2. The predicted octanol–water partition coefficient (Wildman–Crippen LogP) is 0.549. The molecule has 0 spiro atoms. The van der Waals surface area contributed by atoms with Crippen LogP contribution in [0.15, 0.2) is 0 Å². The third-order valence-corrected chi connectivity index (χ3v) is 3.05. The summed E-state index contributed by atoms with van der Waals surface area (Å²) in [6, 6.07) is 0.0629. The second-order valence-electron chi connectivity index (χ2n) is 5.31. The average molecular weight is 251 g/mol. The van der Waals surface area contributed by atoms with Crippen LogP contribution in [0.2, 0.25) is 0 Å². The largest absolute Gasteiger partial charge is 0.395 e. The lowest BCUT2D eigenvalue weighted by atomic mass is 10.2. The minimum Gasteiger partial charge on any atom is -0.395 e. The number of nitrogens with one attached hydrogen (secondary N) is 2.